The van der Waals surface area contributed by atoms with Gasteiger partial charge in [0.05, 0.1) is 6.61 Å². The molecule has 1 nitrogen and oxygen atoms in total. The monoisotopic (exact) mass is 146 g/mol. The molecular weight excluding hydrogens is 132 g/mol. The lowest BCUT2D eigenvalue weighted by Gasteiger charge is -2.24. The van der Waals surface area contributed by atoms with Gasteiger partial charge in [-0.3, -0.25) is 0 Å². The fourth-order valence-electron chi connectivity index (χ4n) is 1.15. The van der Waals surface area contributed by atoms with Gasteiger partial charge >= 0.3 is 0 Å². The number of rotatable bonds is 1. The molecule has 1 aliphatic heterocycles. The quantitative estimate of drug-likeness (QED) is 0.554. The molecule has 1 saturated heterocycles. The van der Waals surface area contributed by atoms with Crippen LogP contribution < -0.4 is 0 Å². The minimum atomic E-state index is 0.505. The fraction of sp³-hybridized carbons (Fsp3) is 1.00. The highest BCUT2D eigenvalue weighted by Gasteiger charge is 2.16. The Morgan fingerprint density at radius 1 is 1.67 bits per heavy atom. The molecular formula is C7H14OS. The first-order chi connectivity index (χ1) is 4.30. The minimum Gasteiger partial charge on any atom is -0.381 e. The van der Waals surface area contributed by atoms with Gasteiger partial charge in [-0.15, -0.1) is 0 Å². The van der Waals surface area contributed by atoms with E-state index >= 15 is 0 Å². The fourth-order valence-corrected chi connectivity index (χ4v) is 1.38. The van der Waals surface area contributed by atoms with E-state index < -0.39 is 0 Å². The molecule has 0 saturated carbocycles. The van der Waals surface area contributed by atoms with Crippen LogP contribution in [0.5, 0.6) is 0 Å². The second kappa shape index (κ2) is 3.47. The summed E-state index contributed by atoms with van der Waals surface area (Å²) in [5, 5.41) is 0.505. The van der Waals surface area contributed by atoms with Gasteiger partial charge < -0.3 is 4.74 Å². The van der Waals surface area contributed by atoms with Crippen LogP contribution in [0.15, 0.2) is 0 Å². The summed E-state index contributed by atoms with van der Waals surface area (Å²) in [5.41, 5.74) is 0. The summed E-state index contributed by atoms with van der Waals surface area (Å²) in [6.07, 6.45) is 2.51. The summed E-state index contributed by atoms with van der Waals surface area (Å²) >= 11 is 4.36. The topological polar surface area (TPSA) is 9.23 Å². The number of hydrogen-bond acceptors (Lipinski definition) is 2. The maximum Gasteiger partial charge on any atom is 0.0504 e. The van der Waals surface area contributed by atoms with Crippen LogP contribution in [0.2, 0.25) is 0 Å². The summed E-state index contributed by atoms with van der Waals surface area (Å²) in [6, 6.07) is 0. The van der Waals surface area contributed by atoms with Crippen molar-refractivity contribution >= 4 is 12.6 Å². The largest absolute Gasteiger partial charge is 0.381 e. The van der Waals surface area contributed by atoms with Crippen molar-refractivity contribution in [1.82, 2.24) is 0 Å². The Kier molecular flexibility index (Phi) is 2.86. The molecule has 1 heterocycles. The highest BCUT2D eigenvalue weighted by Crippen LogP contribution is 2.20. The van der Waals surface area contributed by atoms with Gasteiger partial charge in [0.25, 0.3) is 0 Å². The van der Waals surface area contributed by atoms with Gasteiger partial charge in [-0.25, -0.2) is 0 Å². The Morgan fingerprint density at radius 2 is 2.44 bits per heavy atom. The van der Waals surface area contributed by atoms with E-state index in [9.17, 15) is 0 Å². The molecule has 1 fully saturated rings. The van der Waals surface area contributed by atoms with Crippen molar-refractivity contribution in [3.8, 4) is 0 Å². The van der Waals surface area contributed by atoms with Crippen molar-refractivity contribution in [2.45, 2.75) is 25.0 Å². The van der Waals surface area contributed by atoms with Crippen molar-refractivity contribution in [3.05, 3.63) is 0 Å². The highest BCUT2D eigenvalue weighted by molar-refractivity contribution is 7.80. The molecule has 1 unspecified atom stereocenters. The normalized spacial score (nSPS) is 32.0. The molecule has 0 aliphatic carbocycles. The van der Waals surface area contributed by atoms with Crippen molar-refractivity contribution in [3.63, 3.8) is 0 Å². The van der Waals surface area contributed by atoms with Gasteiger partial charge in [-0.05, 0) is 18.8 Å². The van der Waals surface area contributed by atoms with Crippen LogP contribution in [-0.4, -0.2) is 18.5 Å². The Labute approximate surface area is 62.2 Å². The van der Waals surface area contributed by atoms with Crippen LogP contribution in [0.3, 0.4) is 0 Å². The lowest BCUT2D eigenvalue weighted by Crippen LogP contribution is -2.23. The molecule has 0 aromatic heterocycles. The Hall–Kier alpha value is 0.310. The van der Waals surface area contributed by atoms with E-state index in [1.807, 2.05) is 0 Å². The predicted octanol–water partition coefficient (Wildman–Crippen LogP) is 1.73. The molecule has 2 heteroatoms. The third kappa shape index (κ3) is 2.18. The zero-order valence-electron chi connectivity index (χ0n) is 5.84. The molecule has 54 valence electrons. The van der Waals surface area contributed by atoms with Crippen molar-refractivity contribution < 1.29 is 4.74 Å². The third-order valence-corrected chi connectivity index (χ3v) is 2.30. The van der Waals surface area contributed by atoms with E-state index in [0.717, 1.165) is 13.2 Å². The van der Waals surface area contributed by atoms with E-state index in [0.29, 0.717) is 11.2 Å². The van der Waals surface area contributed by atoms with Crippen LogP contribution in [0.4, 0.5) is 0 Å². The molecule has 0 aromatic carbocycles. The summed E-state index contributed by atoms with van der Waals surface area (Å²) in [7, 11) is 0. The van der Waals surface area contributed by atoms with Crippen molar-refractivity contribution in [2.24, 2.45) is 5.92 Å². The lowest BCUT2D eigenvalue weighted by atomic mass is 9.99. The van der Waals surface area contributed by atoms with Crippen LogP contribution in [0.1, 0.15) is 19.8 Å². The van der Waals surface area contributed by atoms with E-state index in [1.54, 1.807) is 0 Å². The molecule has 0 spiro atoms. The zero-order valence-corrected chi connectivity index (χ0v) is 6.73. The average molecular weight is 146 g/mol. The van der Waals surface area contributed by atoms with E-state index in [4.69, 9.17) is 4.74 Å². The van der Waals surface area contributed by atoms with Gasteiger partial charge in [0, 0.05) is 11.9 Å². The Balaban J connectivity index is 2.23. The molecule has 1 rings (SSSR count). The zero-order chi connectivity index (χ0) is 6.69. The lowest BCUT2D eigenvalue weighted by molar-refractivity contribution is 0.0558. The van der Waals surface area contributed by atoms with Crippen molar-refractivity contribution in [2.75, 3.05) is 13.2 Å². The highest BCUT2D eigenvalue weighted by atomic mass is 32.1. The van der Waals surface area contributed by atoms with Gasteiger partial charge in [0.1, 0.15) is 0 Å². The van der Waals surface area contributed by atoms with Crippen LogP contribution in [0, 0.1) is 5.92 Å². The molecule has 9 heavy (non-hydrogen) atoms. The summed E-state index contributed by atoms with van der Waals surface area (Å²) in [5.74, 6) is 0.696. The van der Waals surface area contributed by atoms with E-state index in [2.05, 4.69) is 19.6 Å². The molecule has 0 radical (unpaired) electrons. The van der Waals surface area contributed by atoms with Gasteiger partial charge in [0.2, 0.25) is 0 Å². The molecule has 0 amide bonds. The first-order valence-corrected chi connectivity index (χ1v) is 4.08. The maximum atomic E-state index is 5.29. The Morgan fingerprint density at radius 3 is 2.78 bits per heavy atom. The second-order valence-corrected chi connectivity index (χ2v) is 3.53. The van der Waals surface area contributed by atoms with E-state index in [1.165, 1.54) is 12.8 Å². The molecule has 0 bridgehead atoms. The molecule has 0 aromatic rings. The summed E-state index contributed by atoms with van der Waals surface area (Å²) in [6.45, 7) is 4.02. The van der Waals surface area contributed by atoms with Crippen LogP contribution >= 0.6 is 12.6 Å². The van der Waals surface area contributed by atoms with Crippen LogP contribution in [-0.2, 0) is 4.74 Å². The Bertz CT molecular complexity index is 77.0. The minimum absolute atomic E-state index is 0.505. The molecule has 2 atom stereocenters. The number of thiol groups is 1. The SMILES string of the molecule is CC(S)[C@@H]1CCCOC1. The first-order valence-electron chi connectivity index (χ1n) is 3.56. The number of ether oxygens (including phenoxy) is 1. The number of hydrogen-bond donors (Lipinski definition) is 1. The maximum absolute atomic E-state index is 5.29. The van der Waals surface area contributed by atoms with E-state index in [-0.39, 0.29) is 0 Å². The van der Waals surface area contributed by atoms with Gasteiger partial charge in [0.15, 0.2) is 0 Å². The standard InChI is InChI=1S/C7H14OS/c1-6(9)7-3-2-4-8-5-7/h6-7,9H,2-5H2,1H3/t6?,7-/m1/s1. The summed E-state index contributed by atoms with van der Waals surface area (Å²) < 4.78 is 5.29. The summed E-state index contributed by atoms with van der Waals surface area (Å²) in [4.78, 5) is 0. The van der Waals surface area contributed by atoms with Crippen molar-refractivity contribution in [1.29, 1.82) is 0 Å². The smallest absolute Gasteiger partial charge is 0.0504 e. The van der Waals surface area contributed by atoms with Gasteiger partial charge in [-0.2, -0.15) is 12.6 Å². The first kappa shape index (κ1) is 7.42. The molecule has 1 aliphatic rings. The third-order valence-electron chi connectivity index (χ3n) is 1.88. The average Bonchev–Trinajstić information content (AvgIpc) is 1.90. The second-order valence-electron chi connectivity index (χ2n) is 2.72. The molecule has 0 N–H and O–H groups in total. The predicted molar refractivity (Wildman–Crippen MR) is 42.0 cm³/mol. The van der Waals surface area contributed by atoms with Crippen LogP contribution in [0.25, 0.3) is 0 Å². The van der Waals surface area contributed by atoms with Gasteiger partial charge in [-0.1, -0.05) is 6.92 Å².